The number of nitrogens with two attached hydrogens (primary N) is 1. The number of hydrogen-bond acceptors (Lipinski definition) is 3. The number of hydrogen-bond donors (Lipinski definition) is 2. The molecule has 0 bridgehead atoms. The highest BCUT2D eigenvalue weighted by Gasteiger charge is 2.38. The van der Waals surface area contributed by atoms with E-state index in [1.54, 1.807) is 4.90 Å². The quantitative estimate of drug-likeness (QED) is 0.816. The number of carbonyl (C=O) groups excluding carboxylic acids is 2. The normalized spacial score (nSPS) is 18.6. The van der Waals surface area contributed by atoms with Crippen molar-refractivity contribution in [2.75, 3.05) is 18.0 Å². The minimum Gasteiger partial charge on any atom is -0.349 e. The van der Waals surface area contributed by atoms with Gasteiger partial charge in [0.25, 0.3) is 0 Å². The molecule has 126 valence electrons. The average Bonchev–Trinajstić information content (AvgIpc) is 2.88. The molecule has 2 amide bonds. The Morgan fingerprint density at radius 1 is 1.35 bits per heavy atom. The summed E-state index contributed by atoms with van der Waals surface area (Å²) >= 11 is 0. The first-order valence-corrected chi connectivity index (χ1v) is 8.18. The molecule has 1 aromatic rings. The number of anilines is 1. The molecule has 2 rings (SSSR count). The molecule has 5 nitrogen and oxygen atoms in total. The first-order valence-electron chi connectivity index (χ1n) is 8.18. The van der Waals surface area contributed by atoms with Crippen LogP contribution in [0.25, 0.3) is 0 Å². The zero-order chi connectivity index (χ0) is 17.2. The smallest absolute Gasteiger partial charge is 0.239 e. The van der Waals surface area contributed by atoms with Gasteiger partial charge in [0.1, 0.15) is 5.92 Å². The van der Waals surface area contributed by atoms with E-state index in [9.17, 15) is 9.59 Å². The molecule has 0 spiro atoms. The van der Waals surface area contributed by atoms with Gasteiger partial charge in [0.15, 0.2) is 0 Å². The second-order valence-corrected chi connectivity index (χ2v) is 7.15. The van der Waals surface area contributed by atoms with E-state index in [1.807, 2.05) is 38.1 Å². The van der Waals surface area contributed by atoms with Gasteiger partial charge in [0.2, 0.25) is 11.8 Å². The summed E-state index contributed by atoms with van der Waals surface area (Å²) in [5.74, 6) is -0.527. The number of nitrogens with zero attached hydrogens (tertiary/aromatic N) is 1. The topological polar surface area (TPSA) is 75.4 Å². The Bertz CT molecular complexity index is 578. The fourth-order valence-electron chi connectivity index (χ4n) is 2.69. The van der Waals surface area contributed by atoms with Crippen molar-refractivity contribution in [1.29, 1.82) is 0 Å². The molecule has 3 N–H and O–H groups in total. The lowest BCUT2D eigenvalue weighted by molar-refractivity contribution is -0.133. The third-order valence-electron chi connectivity index (χ3n) is 4.37. The molecule has 5 heteroatoms. The van der Waals surface area contributed by atoms with Crippen LogP contribution in [-0.4, -0.2) is 30.4 Å². The fraction of sp³-hybridized carbons (Fsp3) is 0.556. The first-order chi connectivity index (χ1) is 10.7. The highest BCUT2D eigenvalue weighted by molar-refractivity contribution is 6.09. The molecular weight excluding hydrogens is 290 g/mol. The predicted molar refractivity (Wildman–Crippen MR) is 92.3 cm³/mol. The van der Waals surface area contributed by atoms with Gasteiger partial charge in [-0.15, -0.1) is 0 Å². The Kier molecular flexibility index (Phi) is 5.09. The summed E-state index contributed by atoms with van der Waals surface area (Å²) in [5.41, 5.74) is 7.23. The third-order valence-corrected chi connectivity index (χ3v) is 4.37. The van der Waals surface area contributed by atoms with Crippen molar-refractivity contribution in [1.82, 2.24) is 5.32 Å². The maximum absolute atomic E-state index is 12.6. The Morgan fingerprint density at radius 3 is 2.48 bits per heavy atom. The maximum atomic E-state index is 12.6. The van der Waals surface area contributed by atoms with Crippen LogP contribution >= 0.6 is 0 Å². The molecule has 23 heavy (non-hydrogen) atoms. The van der Waals surface area contributed by atoms with Gasteiger partial charge in [-0.1, -0.05) is 26.0 Å². The lowest BCUT2D eigenvalue weighted by Crippen LogP contribution is -2.51. The van der Waals surface area contributed by atoms with Gasteiger partial charge >= 0.3 is 0 Å². The minimum absolute atomic E-state index is 0.132. The van der Waals surface area contributed by atoms with Crippen molar-refractivity contribution in [2.24, 2.45) is 11.7 Å². The van der Waals surface area contributed by atoms with Gasteiger partial charge in [-0.3, -0.25) is 9.59 Å². The largest absolute Gasteiger partial charge is 0.349 e. The molecule has 0 aromatic heterocycles. The molecule has 0 radical (unpaired) electrons. The number of amides is 2. The summed E-state index contributed by atoms with van der Waals surface area (Å²) in [4.78, 5) is 26.6. The van der Waals surface area contributed by atoms with Crippen LogP contribution in [0.2, 0.25) is 0 Å². The predicted octanol–water partition coefficient (Wildman–Crippen LogP) is 2.02. The van der Waals surface area contributed by atoms with E-state index in [4.69, 9.17) is 5.73 Å². The zero-order valence-electron chi connectivity index (χ0n) is 14.4. The molecule has 1 aromatic carbocycles. The second kappa shape index (κ2) is 6.71. The SMILES string of the molecule is CC(C)c1ccc(N2CCC(C(=O)NC(C)(C)CN)C2=O)cc1. The van der Waals surface area contributed by atoms with Crippen LogP contribution in [0.1, 0.15) is 45.6 Å². The van der Waals surface area contributed by atoms with Crippen LogP contribution in [0, 0.1) is 5.92 Å². The zero-order valence-corrected chi connectivity index (χ0v) is 14.4. The monoisotopic (exact) mass is 317 g/mol. The highest BCUT2D eigenvalue weighted by atomic mass is 16.2. The number of nitrogens with one attached hydrogen (secondary N) is 1. The van der Waals surface area contributed by atoms with Crippen molar-refractivity contribution in [3.8, 4) is 0 Å². The Balaban J connectivity index is 2.08. The van der Waals surface area contributed by atoms with E-state index in [-0.39, 0.29) is 11.8 Å². The van der Waals surface area contributed by atoms with Crippen LogP contribution in [-0.2, 0) is 9.59 Å². The Hall–Kier alpha value is -1.88. The standard InChI is InChI=1S/C18H27N3O2/c1-12(2)13-5-7-14(8-6-13)21-10-9-15(17(21)23)16(22)20-18(3,4)11-19/h5-8,12,15H,9-11,19H2,1-4H3,(H,20,22). The molecule has 1 unspecified atom stereocenters. The summed E-state index contributed by atoms with van der Waals surface area (Å²) < 4.78 is 0. The van der Waals surface area contributed by atoms with E-state index in [1.165, 1.54) is 5.56 Å². The van der Waals surface area contributed by atoms with Crippen LogP contribution in [0.4, 0.5) is 5.69 Å². The van der Waals surface area contributed by atoms with Gasteiger partial charge in [-0.05, 0) is 43.9 Å². The van der Waals surface area contributed by atoms with Crippen LogP contribution < -0.4 is 16.0 Å². The van der Waals surface area contributed by atoms with Gasteiger partial charge in [0, 0.05) is 24.3 Å². The van der Waals surface area contributed by atoms with Crippen LogP contribution in [0.3, 0.4) is 0 Å². The molecule has 1 aliphatic rings. The average molecular weight is 317 g/mol. The molecule has 1 heterocycles. The molecule has 1 aliphatic heterocycles. The molecule has 0 saturated carbocycles. The molecule has 1 saturated heterocycles. The highest BCUT2D eigenvalue weighted by Crippen LogP contribution is 2.27. The van der Waals surface area contributed by atoms with Gasteiger partial charge in [0.05, 0.1) is 0 Å². The van der Waals surface area contributed by atoms with Gasteiger partial charge in [-0.2, -0.15) is 0 Å². The lowest BCUT2D eigenvalue weighted by atomic mass is 10.0. The van der Waals surface area contributed by atoms with E-state index in [2.05, 4.69) is 19.2 Å². The number of rotatable bonds is 5. The van der Waals surface area contributed by atoms with Crippen LogP contribution in [0.5, 0.6) is 0 Å². The maximum Gasteiger partial charge on any atom is 0.239 e. The van der Waals surface area contributed by atoms with Gasteiger partial charge in [-0.25, -0.2) is 0 Å². The molecule has 1 fully saturated rings. The summed E-state index contributed by atoms with van der Waals surface area (Å²) in [6, 6.07) is 7.99. The van der Waals surface area contributed by atoms with Gasteiger partial charge < -0.3 is 16.0 Å². The first kappa shape index (κ1) is 17.5. The summed E-state index contributed by atoms with van der Waals surface area (Å²) in [5, 5.41) is 2.86. The summed E-state index contributed by atoms with van der Waals surface area (Å²) in [7, 11) is 0. The van der Waals surface area contributed by atoms with Crippen molar-refractivity contribution in [3.63, 3.8) is 0 Å². The third kappa shape index (κ3) is 3.91. The van der Waals surface area contributed by atoms with E-state index in [0.717, 1.165) is 5.69 Å². The summed E-state index contributed by atoms with van der Waals surface area (Å²) in [6.07, 6.45) is 0.539. The van der Waals surface area contributed by atoms with Crippen molar-refractivity contribution in [2.45, 2.75) is 45.6 Å². The van der Waals surface area contributed by atoms with Crippen molar-refractivity contribution < 1.29 is 9.59 Å². The van der Waals surface area contributed by atoms with Crippen molar-refractivity contribution >= 4 is 17.5 Å². The summed E-state index contributed by atoms with van der Waals surface area (Å²) in [6.45, 7) is 8.88. The molecule has 0 aliphatic carbocycles. The number of benzene rings is 1. The van der Waals surface area contributed by atoms with E-state index in [0.29, 0.717) is 25.4 Å². The van der Waals surface area contributed by atoms with E-state index < -0.39 is 11.5 Å². The second-order valence-electron chi connectivity index (χ2n) is 7.15. The number of carbonyl (C=O) groups is 2. The van der Waals surface area contributed by atoms with E-state index >= 15 is 0 Å². The van der Waals surface area contributed by atoms with Crippen molar-refractivity contribution in [3.05, 3.63) is 29.8 Å². The molecule has 1 atom stereocenters. The molecular formula is C18H27N3O2. The fourth-order valence-corrected chi connectivity index (χ4v) is 2.69. The Morgan fingerprint density at radius 2 is 1.96 bits per heavy atom. The lowest BCUT2D eigenvalue weighted by Gasteiger charge is -2.25. The Labute approximate surface area is 138 Å². The minimum atomic E-state index is -0.620. The van der Waals surface area contributed by atoms with Crippen LogP contribution in [0.15, 0.2) is 24.3 Å².